The van der Waals surface area contributed by atoms with Crippen LogP contribution in [0.3, 0.4) is 0 Å². The van der Waals surface area contributed by atoms with Gasteiger partial charge in [-0.2, -0.15) is 0 Å². The van der Waals surface area contributed by atoms with Gasteiger partial charge in [-0.05, 0) is 6.08 Å². The molecule has 0 aromatic carbocycles. The van der Waals surface area contributed by atoms with Crippen LogP contribution in [0, 0.1) is 0 Å². The number of nitrogens with one attached hydrogen (secondary N) is 1. The predicted octanol–water partition coefficient (Wildman–Crippen LogP) is 0.476. The summed E-state index contributed by atoms with van der Waals surface area (Å²) >= 11 is 5.62. The van der Waals surface area contributed by atoms with Gasteiger partial charge >= 0.3 is 6.03 Å². The molecule has 2 aliphatic rings. The molecule has 0 spiro atoms. The molecule has 6 heteroatoms. The Bertz CT molecular complexity index is 289. The summed E-state index contributed by atoms with van der Waals surface area (Å²) in [6, 6.07) is -0.206. The van der Waals surface area contributed by atoms with Gasteiger partial charge in [0, 0.05) is 12.6 Å². The molecule has 0 radical (unpaired) electrons. The van der Waals surface area contributed by atoms with E-state index < -0.39 is 5.56 Å². The summed E-state index contributed by atoms with van der Waals surface area (Å²) in [7, 11) is 0. The molecule has 2 heterocycles. The van der Waals surface area contributed by atoms with E-state index in [9.17, 15) is 4.79 Å². The van der Waals surface area contributed by atoms with Gasteiger partial charge in [0.15, 0.2) is 5.56 Å². The van der Waals surface area contributed by atoms with Crippen molar-refractivity contribution >= 4 is 23.5 Å². The van der Waals surface area contributed by atoms with Gasteiger partial charge < -0.3 is 10.1 Å². The largest absolute Gasteiger partial charge is 0.453 e. The van der Waals surface area contributed by atoms with E-state index in [4.69, 9.17) is 16.3 Å². The van der Waals surface area contributed by atoms with Crippen molar-refractivity contribution in [3.05, 3.63) is 12.2 Å². The molecule has 1 saturated heterocycles. The van der Waals surface area contributed by atoms with Crippen LogP contribution in [0.15, 0.2) is 17.3 Å². The molecular weight excluding hydrogens is 194 g/mol. The number of hydrogen-bond donors (Lipinski definition) is 1. The third-order valence-corrected chi connectivity index (χ3v) is 1.91. The Morgan fingerprint density at radius 2 is 2.62 bits per heavy atom. The van der Waals surface area contributed by atoms with Crippen LogP contribution in [0.1, 0.15) is 0 Å². The number of ether oxygens (including phenoxy) is 1. The van der Waals surface area contributed by atoms with Crippen molar-refractivity contribution in [1.82, 2.24) is 10.3 Å². The third kappa shape index (κ3) is 1.75. The Hall–Kier alpha value is -1.23. The maximum absolute atomic E-state index is 11.0. The second kappa shape index (κ2) is 3.26. The quantitative estimate of drug-likeness (QED) is 0.628. The van der Waals surface area contributed by atoms with Crippen molar-refractivity contribution in [2.24, 2.45) is 5.10 Å². The van der Waals surface area contributed by atoms with Gasteiger partial charge in [0.25, 0.3) is 0 Å². The van der Waals surface area contributed by atoms with E-state index in [2.05, 4.69) is 10.4 Å². The Labute approximate surface area is 80.0 Å². The maximum atomic E-state index is 11.0. The summed E-state index contributed by atoms with van der Waals surface area (Å²) in [5, 5.41) is 7.89. The molecule has 2 amide bonds. The summed E-state index contributed by atoms with van der Waals surface area (Å²) in [5.74, 6) is 0.372. The zero-order valence-electron chi connectivity index (χ0n) is 6.74. The molecule has 0 saturated carbocycles. The molecule has 70 valence electrons. The topological polar surface area (TPSA) is 53.9 Å². The number of carbonyl (C=O) groups is 1. The minimum atomic E-state index is -0.468. The van der Waals surface area contributed by atoms with Crippen molar-refractivity contribution < 1.29 is 9.53 Å². The standard InChI is InChI=1S/C7H8ClN3O2/c8-5-1-2-6(13-5)10-11-4-3-9-7(11)12/h1-2,5H,3-4H2,(H,9,12). The third-order valence-electron chi connectivity index (χ3n) is 1.68. The van der Waals surface area contributed by atoms with Crippen LogP contribution in [0.2, 0.25) is 0 Å². The van der Waals surface area contributed by atoms with Crippen LogP contribution < -0.4 is 5.32 Å². The summed E-state index contributed by atoms with van der Waals surface area (Å²) in [4.78, 5) is 11.0. The predicted molar refractivity (Wildman–Crippen MR) is 47.4 cm³/mol. The van der Waals surface area contributed by atoms with Crippen molar-refractivity contribution in [3.63, 3.8) is 0 Å². The van der Waals surface area contributed by atoms with Crippen LogP contribution >= 0.6 is 11.6 Å². The number of urea groups is 1. The van der Waals surface area contributed by atoms with Crippen molar-refractivity contribution in [2.45, 2.75) is 5.56 Å². The van der Waals surface area contributed by atoms with E-state index in [1.54, 1.807) is 12.2 Å². The first kappa shape index (κ1) is 8.37. The highest BCUT2D eigenvalue weighted by molar-refractivity contribution is 6.22. The van der Waals surface area contributed by atoms with E-state index in [0.29, 0.717) is 19.0 Å². The SMILES string of the molecule is O=C1NCCN1N=C1C=CC(Cl)O1. The minimum absolute atomic E-state index is 0.206. The monoisotopic (exact) mass is 201 g/mol. The first-order chi connectivity index (χ1) is 6.25. The Morgan fingerprint density at radius 3 is 3.15 bits per heavy atom. The number of alkyl halides is 1. The molecule has 0 aromatic rings. The second-order valence-electron chi connectivity index (χ2n) is 2.62. The fraction of sp³-hybridized carbons (Fsp3) is 0.429. The van der Waals surface area contributed by atoms with E-state index in [-0.39, 0.29) is 6.03 Å². The van der Waals surface area contributed by atoms with Crippen LogP contribution in [-0.2, 0) is 4.74 Å². The highest BCUT2D eigenvalue weighted by atomic mass is 35.5. The summed E-state index contributed by atoms with van der Waals surface area (Å²) in [6.45, 7) is 1.18. The Morgan fingerprint density at radius 1 is 1.77 bits per heavy atom. The van der Waals surface area contributed by atoms with Gasteiger partial charge in [-0.25, -0.2) is 9.80 Å². The molecule has 0 aromatic heterocycles. The summed E-state index contributed by atoms with van der Waals surface area (Å²) in [5.41, 5.74) is -0.468. The lowest BCUT2D eigenvalue weighted by atomic mass is 10.6. The first-order valence-corrected chi connectivity index (χ1v) is 4.32. The lowest BCUT2D eigenvalue weighted by Gasteiger charge is -2.07. The van der Waals surface area contributed by atoms with E-state index >= 15 is 0 Å². The van der Waals surface area contributed by atoms with Gasteiger partial charge in [0.05, 0.1) is 6.54 Å². The molecule has 1 N–H and O–H groups in total. The number of hydrogen-bond acceptors (Lipinski definition) is 3. The van der Waals surface area contributed by atoms with E-state index in [1.807, 2.05) is 0 Å². The number of carbonyl (C=O) groups excluding carboxylic acids is 1. The molecule has 0 aliphatic carbocycles. The molecule has 2 aliphatic heterocycles. The average molecular weight is 202 g/mol. The van der Waals surface area contributed by atoms with Crippen molar-refractivity contribution in [3.8, 4) is 0 Å². The Balaban J connectivity index is 2.04. The molecule has 0 bridgehead atoms. The minimum Gasteiger partial charge on any atom is -0.453 e. The molecule has 13 heavy (non-hydrogen) atoms. The number of nitrogens with zero attached hydrogens (tertiary/aromatic N) is 2. The second-order valence-corrected chi connectivity index (χ2v) is 3.05. The fourth-order valence-corrected chi connectivity index (χ4v) is 1.25. The van der Waals surface area contributed by atoms with Gasteiger partial charge in [-0.15, -0.1) is 5.10 Å². The van der Waals surface area contributed by atoms with Gasteiger partial charge in [-0.1, -0.05) is 11.6 Å². The first-order valence-electron chi connectivity index (χ1n) is 3.88. The van der Waals surface area contributed by atoms with Crippen molar-refractivity contribution in [1.29, 1.82) is 0 Å². The maximum Gasteiger partial charge on any atom is 0.338 e. The summed E-state index contributed by atoms with van der Waals surface area (Å²) < 4.78 is 5.05. The van der Waals surface area contributed by atoms with Gasteiger partial charge in [0.1, 0.15) is 0 Å². The van der Waals surface area contributed by atoms with E-state index in [1.165, 1.54) is 5.01 Å². The average Bonchev–Trinajstić information content (AvgIpc) is 2.64. The lowest BCUT2D eigenvalue weighted by molar-refractivity contribution is 0.216. The van der Waals surface area contributed by atoms with Crippen LogP contribution in [0.5, 0.6) is 0 Å². The summed E-state index contributed by atoms with van der Waals surface area (Å²) in [6.07, 6.45) is 3.30. The smallest absolute Gasteiger partial charge is 0.338 e. The molecule has 5 nitrogen and oxygen atoms in total. The van der Waals surface area contributed by atoms with Crippen LogP contribution in [-0.4, -0.2) is 35.6 Å². The van der Waals surface area contributed by atoms with Crippen LogP contribution in [0.25, 0.3) is 0 Å². The fourth-order valence-electron chi connectivity index (χ4n) is 1.08. The molecule has 1 fully saturated rings. The van der Waals surface area contributed by atoms with Crippen molar-refractivity contribution in [2.75, 3.05) is 13.1 Å². The van der Waals surface area contributed by atoms with Crippen LogP contribution in [0.4, 0.5) is 4.79 Å². The molecule has 1 atom stereocenters. The molecular formula is C7H8ClN3O2. The Kier molecular flexibility index (Phi) is 2.10. The van der Waals surface area contributed by atoms with Gasteiger partial charge in [0.2, 0.25) is 5.90 Å². The normalized spacial score (nSPS) is 29.6. The molecule has 1 unspecified atom stereocenters. The lowest BCUT2D eigenvalue weighted by Crippen LogP contribution is -2.24. The highest BCUT2D eigenvalue weighted by Crippen LogP contribution is 2.11. The van der Waals surface area contributed by atoms with Gasteiger partial charge in [-0.3, -0.25) is 0 Å². The zero-order valence-corrected chi connectivity index (χ0v) is 7.49. The number of hydrazone groups is 1. The molecule has 2 rings (SSSR count). The number of rotatable bonds is 1. The number of halogens is 1. The van der Waals surface area contributed by atoms with E-state index in [0.717, 1.165) is 0 Å². The zero-order chi connectivity index (χ0) is 9.26. The number of amides is 2. The highest BCUT2D eigenvalue weighted by Gasteiger charge is 2.21.